The van der Waals surface area contributed by atoms with Gasteiger partial charge in [0.05, 0.1) is 23.3 Å². The summed E-state index contributed by atoms with van der Waals surface area (Å²) >= 11 is 0. The molecule has 1 saturated heterocycles. The number of urea groups is 1. The van der Waals surface area contributed by atoms with Crippen molar-refractivity contribution in [2.24, 2.45) is 17.6 Å². The number of benzene rings is 2. The fraction of sp³-hybridized carbons (Fsp3) is 0.429. The van der Waals surface area contributed by atoms with Gasteiger partial charge in [-0.2, -0.15) is 5.90 Å². The third kappa shape index (κ3) is 7.56. The predicted molar refractivity (Wildman–Crippen MR) is 153 cm³/mol. The molecule has 12 heteroatoms. The van der Waals surface area contributed by atoms with Crippen LogP contribution in [0.25, 0.3) is 0 Å². The van der Waals surface area contributed by atoms with E-state index in [-0.39, 0.29) is 37.0 Å². The monoisotopic (exact) mass is 553 g/mol. The molecule has 7 N–H and O–H groups in total. The molecule has 0 bridgehead atoms. The van der Waals surface area contributed by atoms with Crippen LogP contribution in [0.15, 0.2) is 48.5 Å². The first-order valence-corrected chi connectivity index (χ1v) is 13.2. The number of Topliss-reactive ketones (excluding diaryl/α,β-unsaturated/α-hetero) is 1. The maximum Gasteiger partial charge on any atom is 0.357 e. The lowest BCUT2D eigenvalue weighted by atomic mass is 9.93. The van der Waals surface area contributed by atoms with Crippen molar-refractivity contribution in [3.63, 3.8) is 0 Å². The van der Waals surface area contributed by atoms with Gasteiger partial charge in [0.15, 0.2) is 5.78 Å². The zero-order valence-electron chi connectivity index (χ0n) is 23.3. The number of rotatable bonds is 10. The largest absolute Gasteiger partial charge is 0.373 e. The summed E-state index contributed by atoms with van der Waals surface area (Å²) in [6, 6.07) is 13.0. The molecule has 216 valence electrons. The summed E-state index contributed by atoms with van der Waals surface area (Å²) in [6.45, 7) is 5.86. The van der Waals surface area contributed by atoms with Crippen LogP contribution >= 0.6 is 0 Å². The van der Waals surface area contributed by atoms with Crippen molar-refractivity contribution in [1.29, 1.82) is 0 Å². The van der Waals surface area contributed by atoms with Crippen LogP contribution in [0.2, 0.25) is 0 Å². The summed E-state index contributed by atoms with van der Waals surface area (Å²) in [5, 5.41) is 5.12. The molecule has 2 aromatic rings. The van der Waals surface area contributed by atoms with Crippen LogP contribution in [0.3, 0.4) is 0 Å². The van der Waals surface area contributed by atoms with Gasteiger partial charge in [0.1, 0.15) is 0 Å². The number of hydrogen-bond acceptors (Lipinski definition) is 9. The summed E-state index contributed by atoms with van der Waals surface area (Å²) in [4.78, 5) is 56.3. The third-order valence-electron chi connectivity index (χ3n) is 7.13. The first-order valence-electron chi connectivity index (χ1n) is 13.2. The molecule has 0 saturated carbocycles. The van der Waals surface area contributed by atoms with Gasteiger partial charge in [0.2, 0.25) is 5.91 Å². The number of ketones is 1. The van der Waals surface area contributed by atoms with Crippen molar-refractivity contribution in [2.75, 3.05) is 21.9 Å². The van der Waals surface area contributed by atoms with Crippen LogP contribution in [0, 0.1) is 6.92 Å². The Hall–Kier alpha value is -4.00. The number of amides is 3. The highest BCUT2D eigenvalue weighted by atomic mass is 16.7. The molecule has 2 aromatic carbocycles. The molecule has 0 aliphatic carbocycles. The number of aryl methyl sites for hydroxylation is 1. The van der Waals surface area contributed by atoms with E-state index >= 15 is 0 Å². The minimum Gasteiger partial charge on any atom is -0.373 e. The van der Waals surface area contributed by atoms with Gasteiger partial charge in [0, 0.05) is 31.1 Å². The number of likely N-dealkylation sites (tertiary alicyclic amines) is 1. The van der Waals surface area contributed by atoms with E-state index in [2.05, 4.69) is 10.2 Å². The van der Waals surface area contributed by atoms with E-state index in [1.165, 1.54) is 0 Å². The lowest BCUT2D eigenvalue weighted by Crippen LogP contribution is -2.51. The molecule has 1 aliphatic heterocycles. The van der Waals surface area contributed by atoms with Gasteiger partial charge in [-0.25, -0.2) is 26.5 Å². The minimum absolute atomic E-state index is 0.0395. The van der Waals surface area contributed by atoms with Crippen LogP contribution in [0.1, 0.15) is 57.9 Å². The highest BCUT2D eigenvalue weighted by Crippen LogP contribution is 2.25. The number of anilines is 3. The molecule has 1 aliphatic rings. The number of carbonyl (C=O) groups excluding carboxylic acids is 4. The Morgan fingerprint density at radius 1 is 1.00 bits per heavy atom. The highest BCUT2D eigenvalue weighted by Gasteiger charge is 2.32. The molecule has 0 aromatic heterocycles. The van der Waals surface area contributed by atoms with Crippen LogP contribution < -0.4 is 32.9 Å². The fourth-order valence-corrected chi connectivity index (χ4v) is 4.76. The Labute approximate surface area is 234 Å². The number of piperidine rings is 1. The average molecular weight is 554 g/mol. The van der Waals surface area contributed by atoms with Crippen molar-refractivity contribution < 1.29 is 24.0 Å². The van der Waals surface area contributed by atoms with Gasteiger partial charge in [0.25, 0.3) is 0 Å². The van der Waals surface area contributed by atoms with Crippen molar-refractivity contribution in [3.05, 3.63) is 54.1 Å². The quantitative estimate of drug-likeness (QED) is 0.196. The zero-order valence-corrected chi connectivity index (χ0v) is 23.3. The van der Waals surface area contributed by atoms with Crippen LogP contribution in [0.4, 0.5) is 21.9 Å². The molecule has 0 radical (unpaired) electrons. The van der Waals surface area contributed by atoms with E-state index < -0.39 is 17.5 Å². The van der Waals surface area contributed by atoms with Crippen molar-refractivity contribution in [2.45, 2.75) is 70.9 Å². The maximum atomic E-state index is 13.0. The van der Waals surface area contributed by atoms with E-state index in [1.807, 2.05) is 19.1 Å². The molecule has 3 rings (SSSR count). The van der Waals surface area contributed by atoms with E-state index in [4.69, 9.17) is 17.6 Å². The fourth-order valence-electron chi connectivity index (χ4n) is 4.76. The summed E-state index contributed by atoms with van der Waals surface area (Å²) in [7, 11) is 0. The molecular weight excluding hydrogens is 514 g/mol. The lowest BCUT2D eigenvalue weighted by molar-refractivity contribution is -0.148. The number of nitrogens with one attached hydrogen (secondary N) is 1. The molecule has 12 nitrogen and oxygen atoms in total. The molecule has 0 spiro atoms. The number of carbonyl (C=O) groups is 4. The second kappa shape index (κ2) is 13.4. The third-order valence-corrected chi connectivity index (χ3v) is 7.13. The van der Waals surface area contributed by atoms with E-state index in [0.717, 1.165) is 28.4 Å². The Morgan fingerprint density at radius 3 is 2.33 bits per heavy atom. The lowest BCUT2D eigenvalue weighted by Gasteiger charge is -2.35. The number of hydrogen-bond donors (Lipinski definition) is 4. The molecule has 1 fully saturated rings. The maximum absolute atomic E-state index is 13.0. The standard InChI is InChI=1S/C28H39N7O5/c1-19-8-4-5-10-23(19)35(30)27(39)34(29)21-13-11-20(12-14-21)32-28(2,3)24(36)15-16-25(37)33-17-7-6-9-22(33)18-26(38)40-31/h4-5,8,10-14,22,32H,6-7,9,15-18,29-31H2,1-3H3. The van der Waals surface area contributed by atoms with Gasteiger partial charge in [-0.05, 0) is 75.9 Å². The topological polar surface area (TPSA) is 177 Å². The van der Waals surface area contributed by atoms with Gasteiger partial charge in [-0.3, -0.25) is 14.4 Å². The summed E-state index contributed by atoms with van der Waals surface area (Å²) in [5.74, 6) is 16.1. The predicted octanol–water partition coefficient (Wildman–Crippen LogP) is 2.90. The van der Waals surface area contributed by atoms with Gasteiger partial charge in [-0.15, -0.1) is 0 Å². The summed E-state index contributed by atoms with van der Waals surface area (Å²) < 4.78 is 0. The normalized spacial score (nSPS) is 15.2. The SMILES string of the molecule is Cc1ccccc1N(N)C(=O)N(N)c1ccc(NC(C)(C)C(=O)CCC(=O)N2CCCCC2CC(=O)ON)cc1. The molecule has 3 amide bonds. The molecule has 1 heterocycles. The van der Waals surface area contributed by atoms with Crippen LogP contribution in [0.5, 0.6) is 0 Å². The number of nitrogens with two attached hydrogens (primary N) is 3. The van der Waals surface area contributed by atoms with Gasteiger partial charge < -0.3 is 15.1 Å². The van der Waals surface area contributed by atoms with E-state index in [0.29, 0.717) is 30.0 Å². The summed E-state index contributed by atoms with van der Waals surface area (Å²) in [5.41, 5.74) is 1.43. The zero-order chi connectivity index (χ0) is 29.4. The average Bonchev–Trinajstić information content (AvgIpc) is 2.95. The molecular formula is C28H39N7O5. The van der Waals surface area contributed by atoms with Crippen LogP contribution in [-0.4, -0.2) is 46.7 Å². The van der Waals surface area contributed by atoms with Gasteiger partial charge in [-0.1, -0.05) is 18.2 Å². The van der Waals surface area contributed by atoms with Gasteiger partial charge >= 0.3 is 12.0 Å². The number of para-hydroxylation sites is 1. The molecule has 1 unspecified atom stereocenters. The first kappa shape index (κ1) is 30.5. The summed E-state index contributed by atoms with van der Waals surface area (Å²) in [6.07, 6.45) is 2.57. The first-order chi connectivity index (χ1) is 18.9. The highest BCUT2D eigenvalue weighted by molar-refractivity contribution is 6.02. The van der Waals surface area contributed by atoms with Crippen molar-refractivity contribution in [1.82, 2.24) is 4.90 Å². The number of hydrazine groups is 2. The second-order valence-electron chi connectivity index (χ2n) is 10.5. The smallest absolute Gasteiger partial charge is 0.357 e. The van der Waals surface area contributed by atoms with Crippen molar-refractivity contribution >= 4 is 40.8 Å². The van der Waals surface area contributed by atoms with E-state index in [9.17, 15) is 19.2 Å². The Morgan fingerprint density at radius 2 is 1.68 bits per heavy atom. The van der Waals surface area contributed by atoms with Crippen LogP contribution in [-0.2, 0) is 19.2 Å². The second-order valence-corrected chi connectivity index (χ2v) is 10.5. The minimum atomic E-state index is -0.969. The molecule has 40 heavy (non-hydrogen) atoms. The Balaban J connectivity index is 1.57. The van der Waals surface area contributed by atoms with Crippen molar-refractivity contribution in [3.8, 4) is 0 Å². The Kier molecular flexibility index (Phi) is 10.2. The molecule has 1 atom stereocenters. The van der Waals surface area contributed by atoms with E-state index in [1.54, 1.807) is 55.1 Å². The Bertz CT molecular complexity index is 1220. The number of nitrogens with zero attached hydrogens (tertiary/aromatic N) is 3.